The number of ketones is 2. The first-order valence-corrected chi connectivity index (χ1v) is 10.4. The molecule has 0 radical (unpaired) electrons. The molecule has 3 nitrogen and oxygen atoms in total. The number of hydrogen-bond donors (Lipinski definition) is 0. The standard InChI is InChI=1S/C21H28O3S/c1-16(22)25-13-9-7-5-3-2-4-6-8-10-17-11-12-19-18(14-17)15-20(23)21(19)24/h11-12,14H,2-10,13,15H2,1H3. The van der Waals surface area contributed by atoms with Crippen LogP contribution in [0.3, 0.4) is 0 Å². The molecule has 0 atom stereocenters. The van der Waals surface area contributed by atoms with Crippen LogP contribution in [0, 0.1) is 0 Å². The Kier molecular flexibility index (Phi) is 8.39. The second-order valence-corrected chi connectivity index (χ2v) is 8.11. The van der Waals surface area contributed by atoms with E-state index in [0.717, 1.165) is 30.6 Å². The zero-order valence-corrected chi connectivity index (χ0v) is 16.0. The fourth-order valence-corrected chi connectivity index (χ4v) is 3.92. The molecule has 0 aliphatic heterocycles. The number of unbranched alkanes of at least 4 members (excludes halogenated alkanes) is 7. The summed E-state index contributed by atoms with van der Waals surface area (Å²) in [4.78, 5) is 33.9. The normalized spacial score (nSPS) is 13.3. The van der Waals surface area contributed by atoms with Crippen molar-refractivity contribution in [2.75, 3.05) is 5.75 Å². The van der Waals surface area contributed by atoms with Gasteiger partial charge < -0.3 is 0 Å². The molecule has 2 rings (SSSR count). The third-order valence-electron chi connectivity index (χ3n) is 4.68. The quantitative estimate of drug-likeness (QED) is 0.414. The Labute approximate surface area is 155 Å². The summed E-state index contributed by atoms with van der Waals surface area (Å²) >= 11 is 1.44. The van der Waals surface area contributed by atoms with Crippen LogP contribution >= 0.6 is 11.8 Å². The number of Topliss-reactive ketones (excluding diaryl/α,β-unsaturated/α-hetero) is 2. The SMILES string of the molecule is CC(=O)SCCCCCCCCCCc1ccc2c(c1)CC(=O)C2=O. The molecule has 1 aromatic rings. The van der Waals surface area contributed by atoms with Crippen LogP contribution in [-0.4, -0.2) is 22.4 Å². The molecule has 0 spiro atoms. The summed E-state index contributed by atoms with van der Waals surface area (Å²) < 4.78 is 0. The zero-order valence-electron chi connectivity index (χ0n) is 15.1. The van der Waals surface area contributed by atoms with E-state index < -0.39 is 0 Å². The molecule has 1 aromatic carbocycles. The molecule has 0 amide bonds. The van der Waals surface area contributed by atoms with Crippen molar-refractivity contribution in [3.63, 3.8) is 0 Å². The molecule has 1 aliphatic carbocycles. The van der Waals surface area contributed by atoms with Gasteiger partial charge in [-0.2, -0.15) is 0 Å². The second kappa shape index (κ2) is 10.5. The lowest BCUT2D eigenvalue weighted by molar-refractivity contribution is -0.114. The molecule has 136 valence electrons. The molecule has 0 N–H and O–H groups in total. The zero-order chi connectivity index (χ0) is 18.1. The molecular weight excluding hydrogens is 332 g/mol. The minimum absolute atomic E-state index is 0.224. The molecule has 0 aromatic heterocycles. The van der Waals surface area contributed by atoms with Gasteiger partial charge in [0.2, 0.25) is 11.6 Å². The Morgan fingerprint density at radius 3 is 2.28 bits per heavy atom. The van der Waals surface area contributed by atoms with Crippen LogP contribution in [-0.2, 0) is 22.4 Å². The van der Waals surface area contributed by atoms with Gasteiger partial charge in [0.25, 0.3) is 0 Å². The molecule has 0 saturated carbocycles. The highest BCUT2D eigenvalue weighted by molar-refractivity contribution is 8.13. The summed E-state index contributed by atoms with van der Waals surface area (Å²) in [6.45, 7) is 1.63. The van der Waals surface area contributed by atoms with E-state index in [9.17, 15) is 14.4 Å². The molecular formula is C21H28O3S. The van der Waals surface area contributed by atoms with Gasteiger partial charge in [-0.25, -0.2) is 0 Å². The van der Waals surface area contributed by atoms with E-state index in [-0.39, 0.29) is 23.1 Å². The Hall–Kier alpha value is -1.42. The number of thioether (sulfide) groups is 1. The van der Waals surface area contributed by atoms with Crippen LogP contribution in [0.1, 0.15) is 79.8 Å². The van der Waals surface area contributed by atoms with Crippen LogP contribution in [0.2, 0.25) is 0 Å². The van der Waals surface area contributed by atoms with Crippen molar-refractivity contribution in [2.45, 2.75) is 71.1 Å². The van der Waals surface area contributed by atoms with Crippen LogP contribution < -0.4 is 0 Å². The Bertz CT molecular complexity index is 622. The molecule has 0 heterocycles. The van der Waals surface area contributed by atoms with Gasteiger partial charge in [-0.15, -0.1) is 0 Å². The first kappa shape index (κ1) is 19.9. The third kappa shape index (κ3) is 6.77. The summed E-state index contributed by atoms with van der Waals surface area (Å²) in [5, 5.41) is 0.224. The third-order valence-corrected chi connectivity index (χ3v) is 5.58. The number of aryl methyl sites for hydroxylation is 1. The van der Waals surface area contributed by atoms with Crippen molar-refractivity contribution < 1.29 is 14.4 Å². The molecule has 0 saturated heterocycles. The lowest BCUT2D eigenvalue weighted by Crippen LogP contribution is -2.05. The van der Waals surface area contributed by atoms with Gasteiger partial charge >= 0.3 is 0 Å². The fourth-order valence-electron chi connectivity index (χ4n) is 3.28. The average Bonchev–Trinajstić information content (AvgIpc) is 2.86. The van der Waals surface area contributed by atoms with Crippen molar-refractivity contribution in [1.29, 1.82) is 0 Å². The number of fused-ring (bicyclic) bond motifs is 1. The molecule has 0 bridgehead atoms. The number of hydrogen-bond acceptors (Lipinski definition) is 4. The molecule has 1 aliphatic rings. The van der Waals surface area contributed by atoms with Crippen LogP contribution in [0.4, 0.5) is 0 Å². The predicted octanol–water partition coefficient (Wildman–Crippen LogP) is 4.94. The minimum Gasteiger partial charge on any atom is -0.290 e. The highest BCUT2D eigenvalue weighted by Gasteiger charge is 2.27. The smallest absolute Gasteiger partial charge is 0.229 e. The maximum absolute atomic E-state index is 11.6. The van der Waals surface area contributed by atoms with Crippen molar-refractivity contribution >= 4 is 28.4 Å². The Morgan fingerprint density at radius 1 is 0.960 bits per heavy atom. The molecule has 0 unspecified atom stereocenters. The number of carbonyl (C=O) groups excluding carboxylic acids is 3. The van der Waals surface area contributed by atoms with E-state index in [0.29, 0.717) is 5.56 Å². The minimum atomic E-state index is -0.318. The van der Waals surface area contributed by atoms with Gasteiger partial charge in [0, 0.05) is 24.7 Å². The van der Waals surface area contributed by atoms with E-state index in [4.69, 9.17) is 0 Å². The number of rotatable bonds is 11. The summed E-state index contributed by atoms with van der Waals surface area (Å²) in [5.74, 6) is 0.376. The summed E-state index contributed by atoms with van der Waals surface area (Å²) in [7, 11) is 0. The number of benzene rings is 1. The summed E-state index contributed by atoms with van der Waals surface area (Å²) in [6.07, 6.45) is 11.2. The Balaban J connectivity index is 1.50. The van der Waals surface area contributed by atoms with Gasteiger partial charge in [-0.3, -0.25) is 14.4 Å². The van der Waals surface area contributed by atoms with E-state index in [1.54, 1.807) is 6.92 Å². The van der Waals surface area contributed by atoms with Gasteiger partial charge in [0.15, 0.2) is 5.12 Å². The van der Waals surface area contributed by atoms with Gasteiger partial charge in [-0.05, 0) is 30.4 Å². The van der Waals surface area contributed by atoms with Gasteiger partial charge in [-0.1, -0.05) is 68.5 Å². The van der Waals surface area contributed by atoms with E-state index in [2.05, 4.69) is 0 Å². The van der Waals surface area contributed by atoms with Crippen molar-refractivity contribution in [2.24, 2.45) is 0 Å². The van der Waals surface area contributed by atoms with Crippen LogP contribution in [0.15, 0.2) is 18.2 Å². The monoisotopic (exact) mass is 360 g/mol. The van der Waals surface area contributed by atoms with Crippen molar-refractivity contribution in [3.8, 4) is 0 Å². The second-order valence-electron chi connectivity index (χ2n) is 6.84. The highest BCUT2D eigenvalue weighted by atomic mass is 32.2. The molecule has 4 heteroatoms. The van der Waals surface area contributed by atoms with E-state index in [1.165, 1.54) is 55.9 Å². The largest absolute Gasteiger partial charge is 0.290 e. The fraction of sp³-hybridized carbons (Fsp3) is 0.571. The first-order chi connectivity index (χ1) is 12.1. The Morgan fingerprint density at radius 2 is 1.60 bits per heavy atom. The van der Waals surface area contributed by atoms with E-state index in [1.807, 2.05) is 18.2 Å². The molecule has 0 fully saturated rings. The lowest BCUT2D eigenvalue weighted by Gasteiger charge is -2.05. The average molecular weight is 361 g/mol. The maximum atomic E-state index is 11.6. The van der Waals surface area contributed by atoms with Gasteiger partial charge in [0.1, 0.15) is 0 Å². The topological polar surface area (TPSA) is 51.2 Å². The van der Waals surface area contributed by atoms with E-state index >= 15 is 0 Å². The molecule has 25 heavy (non-hydrogen) atoms. The lowest BCUT2D eigenvalue weighted by atomic mass is 10.0. The van der Waals surface area contributed by atoms with Crippen LogP contribution in [0.25, 0.3) is 0 Å². The number of carbonyl (C=O) groups is 3. The highest BCUT2D eigenvalue weighted by Crippen LogP contribution is 2.22. The predicted molar refractivity (Wildman–Crippen MR) is 103 cm³/mol. The summed E-state index contributed by atoms with van der Waals surface area (Å²) in [5.41, 5.74) is 2.76. The van der Waals surface area contributed by atoms with Crippen molar-refractivity contribution in [1.82, 2.24) is 0 Å². The maximum Gasteiger partial charge on any atom is 0.229 e. The first-order valence-electron chi connectivity index (χ1n) is 9.40. The van der Waals surface area contributed by atoms with Gasteiger partial charge in [0.05, 0.1) is 0 Å². The van der Waals surface area contributed by atoms with Crippen molar-refractivity contribution in [3.05, 3.63) is 34.9 Å². The summed E-state index contributed by atoms with van der Waals surface area (Å²) in [6, 6.07) is 5.86. The van der Waals surface area contributed by atoms with Crippen LogP contribution in [0.5, 0.6) is 0 Å².